The smallest absolute Gasteiger partial charge is 0.137 e. The van der Waals surface area contributed by atoms with E-state index >= 15 is 0 Å². The second kappa shape index (κ2) is 7.87. The van der Waals surface area contributed by atoms with Gasteiger partial charge in [0, 0.05) is 49.8 Å². The molecule has 0 radical (unpaired) electrons. The first-order chi connectivity index (χ1) is 19.8. The molecule has 9 aromatic rings. The number of nitrogens with zero attached hydrogens (tertiary/aromatic N) is 2. The van der Waals surface area contributed by atoms with Crippen LogP contribution in [-0.4, -0.2) is 9.13 Å². The number of aromatic nitrogens is 2. The van der Waals surface area contributed by atoms with Crippen molar-refractivity contribution >= 4 is 65.6 Å². The van der Waals surface area contributed by atoms with Gasteiger partial charge >= 0.3 is 0 Å². The maximum Gasteiger partial charge on any atom is 0.137 e. The lowest BCUT2D eigenvalue weighted by molar-refractivity contribution is 0.668. The average Bonchev–Trinajstić information content (AvgIpc) is 3.65. The van der Waals surface area contributed by atoms with E-state index in [9.17, 15) is 0 Å². The van der Waals surface area contributed by atoms with Crippen LogP contribution >= 0.6 is 0 Å². The van der Waals surface area contributed by atoms with Gasteiger partial charge in [-0.3, -0.25) is 0 Å². The minimum Gasteiger partial charge on any atom is -0.456 e. The zero-order valence-electron chi connectivity index (χ0n) is 21.9. The van der Waals surface area contributed by atoms with E-state index in [0.717, 1.165) is 27.6 Å². The van der Waals surface area contributed by atoms with Gasteiger partial charge < -0.3 is 13.6 Å². The highest BCUT2D eigenvalue weighted by Crippen LogP contribution is 2.42. The molecular weight excluding hydrogens is 488 g/mol. The van der Waals surface area contributed by atoms with Gasteiger partial charge in [0.1, 0.15) is 11.2 Å². The monoisotopic (exact) mass is 512 g/mol. The zero-order chi connectivity index (χ0) is 26.4. The lowest BCUT2D eigenvalue weighted by Gasteiger charge is -2.10. The molecule has 3 heterocycles. The predicted molar refractivity (Wildman–Crippen MR) is 167 cm³/mol. The predicted octanol–water partition coefficient (Wildman–Crippen LogP) is 10.1. The second-order valence-corrected chi connectivity index (χ2v) is 10.7. The van der Waals surface area contributed by atoms with Crippen molar-refractivity contribution in [1.82, 2.24) is 9.13 Å². The summed E-state index contributed by atoms with van der Waals surface area (Å²) < 4.78 is 11.1. The van der Waals surface area contributed by atoms with Crippen molar-refractivity contribution in [2.75, 3.05) is 0 Å². The molecule has 6 aromatic carbocycles. The van der Waals surface area contributed by atoms with E-state index in [4.69, 9.17) is 4.42 Å². The third-order valence-electron chi connectivity index (χ3n) is 8.38. The van der Waals surface area contributed by atoms with Crippen LogP contribution in [0.25, 0.3) is 76.9 Å². The second-order valence-electron chi connectivity index (χ2n) is 10.7. The number of hydrogen-bond donors (Lipinski definition) is 0. The Hall–Kier alpha value is -5.28. The van der Waals surface area contributed by atoms with Gasteiger partial charge in [-0.2, -0.15) is 0 Å². The molecule has 188 valence electrons. The molecule has 0 bridgehead atoms. The first-order valence-electron chi connectivity index (χ1n) is 13.7. The number of para-hydroxylation sites is 3. The van der Waals surface area contributed by atoms with Crippen molar-refractivity contribution in [1.29, 1.82) is 0 Å². The van der Waals surface area contributed by atoms with Crippen molar-refractivity contribution in [2.45, 2.75) is 6.92 Å². The summed E-state index contributed by atoms with van der Waals surface area (Å²) in [4.78, 5) is 0. The molecule has 0 atom stereocenters. The summed E-state index contributed by atoms with van der Waals surface area (Å²) in [5.41, 5.74) is 10.2. The lowest BCUT2D eigenvalue weighted by atomic mass is 10.1. The Kier molecular flexibility index (Phi) is 4.26. The third-order valence-corrected chi connectivity index (χ3v) is 8.38. The minimum atomic E-state index is 0.902. The Labute approximate surface area is 230 Å². The fourth-order valence-electron chi connectivity index (χ4n) is 6.60. The summed E-state index contributed by atoms with van der Waals surface area (Å²) >= 11 is 0. The highest BCUT2D eigenvalue weighted by Gasteiger charge is 2.21. The van der Waals surface area contributed by atoms with E-state index in [1.54, 1.807) is 0 Å². The van der Waals surface area contributed by atoms with Crippen LogP contribution in [0.2, 0.25) is 0 Å². The van der Waals surface area contributed by atoms with Gasteiger partial charge in [0.2, 0.25) is 0 Å². The first kappa shape index (κ1) is 21.6. The highest BCUT2D eigenvalue weighted by atomic mass is 16.3. The SMILES string of the molecule is Cc1ccc(-n2c3ccccc3c3c2ccc2c4ccccc4n(-c4ccc5c(c4)oc4ccccc45)c23)cc1. The van der Waals surface area contributed by atoms with Crippen molar-refractivity contribution in [2.24, 2.45) is 0 Å². The van der Waals surface area contributed by atoms with Crippen LogP contribution in [0.3, 0.4) is 0 Å². The van der Waals surface area contributed by atoms with Gasteiger partial charge in [0.05, 0.1) is 22.1 Å². The van der Waals surface area contributed by atoms with Crippen LogP contribution in [-0.2, 0) is 0 Å². The number of hydrogen-bond acceptors (Lipinski definition) is 1. The van der Waals surface area contributed by atoms with Crippen LogP contribution in [0.1, 0.15) is 5.56 Å². The van der Waals surface area contributed by atoms with Crippen LogP contribution in [0, 0.1) is 6.92 Å². The molecule has 0 amide bonds. The summed E-state index contributed by atoms with van der Waals surface area (Å²) in [5.74, 6) is 0. The number of rotatable bonds is 2. The van der Waals surface area contributed by atoms with Crippen LogP contribution in [0.15, 0.2) is 132 Å². The zero-order valence-corrected chi connectivity index (χ0v) is 21.9. The van der Waals surface area contributed by atoms with Crippen molar-refractivity contribution in [3.63, 3.8) is 0 Å². The summed E-state index contributed by atoms with van der Waals surface area (Å²) in [6, 6.07) is 45.8. The molecule has 40 heavy (non-hydrogen) atoms. The van der Waals surface area contributed by atoms with E-state index in [1.807, 2.05) is 12.1 Å². The fraction of sp³-hybridized carbons (Fsp3) is 0.0270. The molecule has 3 heteroatoms. The normalized spacial score (nSPS) is 12.1. The largest absolute Gasteiger partial charge is 0.456 e. The number of furan rings is 1. The van der Waals surface area contributed by atoms with Gasteiger partial charge in [0.15, 0.2) is 0 Å². The van der Waals surface area contributed by atoms with Gasteiger partial charge in [-0.1, -0.05) is 78.4 Å². The molecule has 0 saturated heterocycles. The average molecular weight is 513 g/mol. The molecule has 0 N–H and O–H groups in total. The molecule has 0 aliphatic rings. The maximum atomic E-state index is 6.33. The van der Waals surface area contributed by atoms with Crippen LogP contribution < -0.4 is 0 Å². The highest BCUT2D eigenvalue weighted by molar-refractivity contribution is 6.26. The van der Waals surface area contributed by atoms with E-state index in [-0.39, 0.29) is 0 Å². The summed E-state index contributed by atoms with van der Waals surface area (Å²) in [6.45, 7) is 2.14. The Morgan fingerprint density at radius 1 is 0.450 bits per heavy atom. The molecule has 0 fully saturated rings. The van der Waals surface area contributed by atoms with Crippen LogP contribution in [0.5, 0.6) is 0 Å². The molecule has 3 nitrogen and oxygen atoms in total. The summed E-state index contributed by atoms with van der Waals surface area (Å²) in [5, 5.41) is 7.29. The van der Waals surface area contributed by atoms with E-state index < -0.39 is 0 Å². The first-order valence-corrected chi connectivity index (χ1v) is 13.7. The standard InChI is InChI=1S/C37H24N2O/c1-23-14-16-24(17-15-23)38-32-12-6-3-10-30(32)36-33(38)21-20-29-26-8-2-5-11-31(26)39(37(29)36)25-18-19-28-27-9-4-7-13-34(27)40-35(28)22-25/h2-22H,1H3. The Morgan fingerprint density at radius 3 is 1.90 bits per heavy atom. The summed E-state index contributed by atoms with van der Waals surface area (Å²) in [6.07, 6.45) is 0. The molecular formula is C37H24N2O. The van der Waals surface area contributed by atoms with Gasteiger partial charge in [-0.15, -0.1) is 0 Å². The van der Waals surface area contributed by atoms with E-state index in [0.29, 0.717) is 0 Å². The van der Waals surface area contributed by atoms with Gasteiger partial charge in [-0.25, -0.2) is 0 Å². The van der Waals surface area contributed by atoms with E-state index in [2.05, 4.69) is 131 Å². The number of benzene rings is 6. The maximum absolute atomic E-state index is 6.33. The molecule has 9 rings (SSSR count). The van der Waals surface area contributed by atoms with Crippen molar-refractivity contribution < 1.29 is 4.42 Å². The molecule has 0 aliphatic carbocycles. The van der Waals surface area contributed by atoms with Crippen molar-refractivity contribution in [3.8, 4) is 11.4 Å². The Morgan fingerprint density at radius 2 is 1.07 bits per heavy atom. The van der Waals surface area contributed by atoms with Crippen LogP contribution in [0.4, 0.5) is 0 Å². The third kappa shape index (κ3) is 2.84. The summed E-state index contributed by atoms with van der Waals surface area (Å²) in [7, 11) is 0. The number of aryl methyl sites for hydroxylation is 1. The molecule has 0 spiro atoms. The minimum absolute atomic E-state index is 0.902. The Bertz CT molecular complexity index is 2430. The van der Waals surface area contributed by atoms with E-state index in [1.165, 1.54) is 54.9 Å². The Balaban J connectivity index is 1.46. The number of fused-ring (bicyclic) bond motifs is 10. The molecule has 0 unspecified atom stereocenters. The molecule has 0 aliphatic heterocycles. The van der Waals surface area contributed by atoms with Crippen molar-refractivity contribution in [3.05, 3.63) is 133 Å². The molecule has 3 aromatic heterocycles. The van der Waals surface area contributed by atoms with Gasteiger partial charge in [-0.05, 0) is 55.5 Å². The molecule has 0 saturated carbocycles. The quantitative estimate of drug-likeness (QED) is 0.226. The van der Waals surface area contributed by atoms with Gasteiger partial charge in [0.25, 0.3) is 0 Å². The fourth-order valence-corrected chi connectivity index (χ4v) is 6.60. The lowest BCUT2D eigenvalue weighted by Crippen LogP contribution is -1.95. The topological polar surface area (TPSA) is 23.0 Å².